The Kier molecular flexibility index (Phi) is 6.56. The van der Waals surface area contributed by atoms with Gasteiger partial charge in [0.1, 0.15) is 0 Å². The van der Waals surface area contributed by atoms with E-state index in [0.29, 0.717) is 30.3 Å². The van der Waals surface area contributed by atoms with Crippen molar-refractivity contribution in [3.8, 4) is 11.5 Å². The molecule has 0 spiro atoms. The van der Waals surface area contributed by atoms with Crippen molar-refractivity contribution >= 4 is 27.7 Å². The van der Waals surface area contributed by atoms with E-state index < -0.39 is 10.0 Å². The highest BCUT2D eigenvalue weighted by atomic mass is 32.2. The maximum Gasteiger partial charge on any atom is 0.248 e. The van der Waals surface area contributed by atoms with Crippen LogP contribution in [0.4, 0.5) is 5.69 Å². The number of methoxy groups -OCH3 is 2. The van der Waals surface area contributed by atoms with Crippen molar-refractivity contribution in [1.82, 2.24) is 4.31 Å². The highest BCUT2D eigenvalue weighted by Crippen LogP contribution is 2.28. The minimum Gasteiger partial charge on any atom is -0.493 e. The summed E-state index contributed by atoms with van der Waals surface area (Å²) in [7, 11) is -0.353. The molecule has 0 bridgehead atoms. The number of ether oxygens (including phenoxy) is 2. The summed E-state index contributed by atoms with van der Waals surface area (Å²) in [5.74, 6) is 0.859. The molecule has 1 saturated heterocycles. The Morgan fingerprint density at radius 2 is 1.66 bits per heavy atom. The van der Waals surface area contributed by atoms with Crippen molar-refractivity contribution in [3.63, 3.8) is 0 Å². The quantitative estimate of drug-likeness (QED) is 0.701. The van der Waals surface area contributed by atoms with E-state index in [1.54, 1.807) is 44.6 Å². The second-order valence-electron chi connectivity index (χ2n) is 6.57. The van der Waals surface area contributed by atoms with Crippen LogP contribution in [0, 0.1) is 0 Å². The van der Waals surface area contributed by atoms with Crippen molar-refractivity contribution in [1.29, 1.82) is 0 Å². The fourth-order valence-electron chi connectivity index (χ4n) is 3.10. The highest BCUT2D eigenvalue weighted by molar-refractivity contribution is 7.89. The first-order valence-corrected chi connectivity index (χ1v) is 10.7. The molecule has 1 aliphatic rings. The fourth-order valence-corrected chi connectivity index (χ4v) is 4.62. The zero-order chi connectivity index (χ0) is 20.9. The molecule has 2 aromatic carbocycles. The Balaban J connectivity index is 1.64. The van der Waals surface area contributed by atoms with Crippen LogP contribution >= 0.6 is 0 Å². The third-order valence-corrected chi connectivity index (χ3v) is 6.57. The van der Waals surface area contributed by atoms with Gasteiger partial charge in [-0.1, -0.05) is 6.07 Å². The molecule has 0 unspecified atom stereocenters. The van der Waals surface area contributed by atoms with Crippen LogP contribution in [0.3, 0.4) is 0 Å². The second-order valence-corrected chi connectivity index (χ2v) is 8.51. The van der Waals surface area contributed by atoms with Crippen molar-refractivity contribution in [2.24, 2.45) is 0 Å². The average Bonchev–Trinajstić information content (AvgIpc) is 3.28. The lowest BCUT2D eigenvalue weighted by Crippen LogP contribution is -2.27. The Bertz CT molecular complexity index is 994. The van der Waals surface area contributed by atoms with Gasteiger partial charge in [0.05, 0.1) is 19.1 Å². The highest BCUT2D eigenvalue weighted by Gasteiger charge is 2.26. The van der Waals surface area contributed by atoms with Gasteiger partial charge in [-0.05, 0) is 60.9 Å². The van der Waals surface area contributed by atoms with E-state index in [1.165, 1.54) is 22.5 Å². The first kappa shape index (κ1) is 20.9. The molecule has 1 fully saturated rings. The van der Waals surface area contributed by atoms with E-state index in [2.05, 4.69) is 5.32 Å². The Labute approximate surface area is 171 Å². The third-order valence-electron chi connectivity index (χ3n) is 4.66. The molecule has 8 heteroatoms. The fraction of sp³-hybridized carbons (Fsp3) is 0.286. The molecule has 2 aromatic rings. The molecule has 0 atom stereocenters. The molecule has 0 aromatic heterocycles. The van der Waals surface area contributed by atoms with E-state index >= 15 is 0 Å². The van der Waals surface area contributed by atoms with Gasteiger partial charge in [0.25, 0.3) is 0 Å². The van der Waals surface area contributed by atoms with Crippen LogP contribution in [-0.2, 0) is 14.8 Å². The van der Waals surface area contributed by atoms with Gasteiger partial charge >= 0.3 is 0 Å². The summed E-state index contributed by atoms with van der Waals surface area (Å²) >= 11 is 0. The smallest absolute Gasteiger partial charge is 0.248 e. The minimum absolute atomic E-state index is 0.235. The molecule has 0 aliphatic carbocycles. The number of rotatable bonds is 7. The van der Waals surface area contributed by atoms with Crippen LogP contribution < -0.4 is 14.8 Å². The van der Waals surface area contributed by atoms with Crippen molar-refractivity contribution in [2.45, 2.75) is 17.7 Å². The summed E-state index contributed by atoms with van der Waals surface area (Å²) in [5, 5.41) is 2.72. The molecule has 1 aliphatic heterocycles. The topological polar surface area (TPSA) is 84.9 Å². The van der Waals surface area contributed by atoms with Crippen molar-refractivity contribution < 1.29 is 22.7 Å². The Morgan fingerprint density at radius 1 is 1.00 bits per heavy atom. The Hall–Kier alpha value is -2.84. The molecule has 154 valence electrons. The third kappa shape index (κ3) is 4.96. The number of hydrogen-bond acceptors (Lipinski definition) is 5. The number of amides is 1. The molecule has 1 amide bonds. The number of carbonyl (C=O) groups excluding carboxylic acids is 1. The van der Waals surface area contributed by atoms with Crippen LogP contribution in [0.5, 0.6) is 11.5 Å². The van der Waals surface area contributed by atoms with Gasteiger partial charge in [0, 0.05) is 24.9 Å². The molecule has 3 rings (SSSR count). The van der Waals surface area contributed by atoms with Crippen LogP contribution in [0.1, 0.15) is 18.4 Å². The Morgan fingerprint density at radius 3 is 2.28 bits per heavy atom. The van der Waals surface area contributed by atoms with Gasteiger partial charge in [0.15, 0.2) is 11.5 Å². The number of nitrogens with one attached hydrogen (secondary N) is 1. The van der Waals surface area contributed by atoms with E-state index in [0.717, 1.165) is 18.4 Å². The lowest BCUT2D eigenvalue weighted by molar-refractivity contribution is -0.111. The van der Waals surface area contributed by atoms with Crippen LogP contribution in [0.25, 0.3) is 6.08 Å². The predicted molar refractivity (Wildman–Crippen MR) is 112 cm³/mol. The van der Waals surface area contributed by atoms with Crippen LogP contribution in [-0.4, -0.2) is 45.9 Å². The molecule has 1 heterocycles. The molecule has 0 radical (unpaired) electrons. The van der Waals surface area contributed by atoms with Crippen LogP contribution in [0.15, 0.2) is 53.4 Å². The van der Waals surface area contributed by atoms with Gasteiger partial charge in [0.2, 0.25) is 15.9 Å². The number of benzene rings is 2. The summed E-state index contributed by atoms with van der Waals surface area (Å²) in [4.78, 5) is 12.4. The summed E-state index contributed by atoms with van der Waals surface area (Å²) in [5.41, 5.74) is 1.30. The lowest BCUT2D eigenvalue weighted by atomic mass is 10.2. The first-order valence-electron chi connectivity index (χ1n) is 9.25. The largest absolute Gasteiger partial charge is 0.493 e. The first-order chi connectivity index (χ1) is 13.9. The van der Waals surface area contributed by atoms with Gasteiger partial charge < -0.3 is 14.8 Å². The number of anilines is 1. The predicted octanol–water partition coefficient (Wildman–Crippen LogP) is 3.14. The summed E-state index contributed by atoms with van der Waals surface area (Å²) in [6.45, 7) is 1.11. The zero-order valence-corrected chi connectivity index (χ0v) is 17.2. The second kappa shape index (κ2) is 9.11. The lowest BCUT2D eigenvalue weighted by Gasteiger charge is -2.15. The van der Waals surface area contributed by atoms with Crippen molar-refractivity contribution in [3.05, 3.63) is 54.1 Å². The summed E-state index contributed by atoms with van der Waals surface area (Å²) < 4.78 is 37.0. The van der Waals surface area contributed by atoms with Gasteiger partial charge in [-0.15, -0.1) is 0 Å². The number of carbonyl (C=O) groups is 1. The normalized spacial score (nSPS) is 14.8. The average molecular weight is 416 g/mol. The van der Waals surface area contributed by atoms with E-state index in [9.17, 15) is 13.2 Å². The van der Waals surface area contributed by atoms with Crippen molar-refractivity contribution in [2.75, 3.05) is 32.6 Å². The van der Waals surface area contributed by atoms with E-state index in [-0.39, 0.29) is 10.8 Å². The van der Waals surface area contributed by atoms with Gasteiger partial charge in [-0.2, -0.15) is 4.31 Å². The zero-order valence-electron chi connectivity index (χ0n) is 16.4. The molecular formula is C21H24N2O5S. The number of sulfonamides is 1. The standard InChI is InChI=1S/C21H24N2O5S/c1-27-19-11-5-16(15-20(19)28-2)6-12-21(24)22-17-7-9-18(10-8-17)29(25,26)23-13-3-4-14-23/h5-12,15H,3-4,13-14H2,1-2H3,(H,22,24)/b12-6+. The minimum atomic E-state index is -3.46. The molecule has 1 N–H and O–H groups in total. The monoisotopic (exact) mass is 416 g/mol. The molecule has 29 heavy (non-hydrogen) atoms. The molecule has 0 saturated carbocycles. The SMILES string of the molecule is COc1ccc(/C=C/C(=O)Nc2ccc(S(=O)(=O)N3CCCC3)cc2)cc1OC. The maximum atomic E-state index is 12.5. The van der Waals surface area contributed by atoms with Gasteiger partial charge in [-0.25, -0.2) is 8.42 Å². The molecule has 7 nitrogen and oxygen atoms in total. The van der Waals surface area contributed by atoms with Crippen LogP contribution in [0.2, 0.25) is 0 Å². The summed E-state index contributed by atoms with van der Waals surface area (Å²) in [6.07, 6.45) is 4.83. The van der Waals surface area contributed by atoms with E-state index in [1.807, 2.05) is 6.07 Å². The van der Waals surface area contributed by atoms with Gasteiger partial charge in [-0.3, -0.25) is 4.79 Å². The number of hydrogen-bond donors (Lipinski definition) is 1. The summed E-state index contributed by atoms with van der Waals surface area (Å²) in [6, 6.07) is 11.5. The maximum absolute atomic E-state index is 12.5. The van der Waals surface area contributed by atoms with E-state index in [4.69, 9.17) is 9.47 Å². The molecular weight excluding hydrogens is 392 g/mol. The number of nitrogens with zero attached hydrogens (tertiary/aromatic N) is 1.